The van der Waals surface area contributed by atoms with Gasteiger partial charge in [0, 0.05) is 11.9 Å². The molecule has 0 aliphatic heterocycles. The molecular formula is C9H15ClN2O3S. The summed E-state index contributed by atoms with van der Waals surface area (Å²) in [5.74, 6) is 1.24. The Hall–Kier alpha value is -0.590. The van der Waals surface area contributed by atoms with Gasteiger partial charge in [0.2, 0.25) is 10.0 Å². The molecule has 1 rings (SSSR count). The van der Waals surface area contributed by atoms with E-state index in [1.54, 1.807) is 13.0 Å². The van der Waals surface area contributed by atoms with Crippen molar-refractivity contribution in [2.45, 2.75) is 26.3 Å². The average molecular weight is 267 g/mol. The van der Waals surface area contributed by atoms with Crippen LogP contribution in [0.3, 0.4) is 0 Å². The molecule has 0 aliphatic carbocycles. The van der Waals surface area contributed by atoms with Gasteiger partial charge in [-0.2, -0.15) is 0 Å². The van der Waals surface area contributed by atoms with Gasteiger partial charge >= 0.3 is 0 Å². The number of nitrogens with zero attached hydrogens (tertiary/aromatic N) is 1. The Balaban J connectivity index is 2.36. The van der Waals surface area contributed by atoms with Crippen molar-refractivity contribution in [2.24, 2.45) is 0 Å². The Morgan fingerprint density at radius 1 is 1.50 bits per heavy atom. The van der Waals surface area contributed by atoms with Crippen molar-refractivity contribution >= 4 is 21.6 Å². The minimum Gasteiger partial charge on any atom is -0.361 e. The van der Waals surface area contributed by atoms with Crippen molar-refractivity contribution in [3.05, 3.63) is 17.5 Å². The Bertz CT molecular complexity index is 416. The molecule has 0 unspecified atom stereocenters. The predicted molar refractivity (Wildman–Crippen MR) is 61.8 cm³/mol. The molecule has 1 aromatic rings. The highest BCUT2D eigenvalue weighted by Gasteiger charge is 2.10. The van der Waals surface area contributed by atoms with E-state index in [2.05, 4.69) is 9.88 Å². The molecule has 0 bridgehead atoms. The average Bonchev–Trinajstić information content (AvgIpc) is 2.62. The maximum Gasteiger partial charge on any atom is 0.211 e. The van der Waals surface area contributed by atoms with Crippen LogP contribution in [0.25, 0.3) is 0 Å². The smallest absolute Gasteiger partial charge is 0.211 e. The molecule has 7 heteroatoms. The number of sulfonamides is 1. The molecule has 1 N–H and O–H groups in total. The second kappa shape index (κ2) is 6.22. The van der Waals surface area contributed by atoms with E-state index in [-0.39, 0.29) is 12.3 Å². The summed E-state index contributed by atoms with van der Waals surface area (Å²) in [5, 5.41) is 3.69. The fraction of sp³-hybridized carbons (Fsp3) is 0.667. The zero-order chi connectivity index (χ0) is 12.0. The van der Waals surface area contributed by atoms with Crippen LogP contribution in [0.15, 0.2) is 10.6 Å². The van der Waals surface area contributed by atoms with Crippen LogP contribution in [0, 0.1) is 6.92 Å². The van der Waals surface area contributed by atoms with Crippen LogP contribution in [-0.2, 0) is 16.6 Å². The number of hydrogen-bond donors (Lipinski definition) is 1. The van der Waals surface area contributed by atoms with Gasteiger partial charge < -0.3 is 4.52 Å². The molecule has 0 saturated carbocycles. The summed E-state index contributed by atoms with van der Waals surface area (Å²) >= 11 is 5.47. The Kier molecular flexibility index (Phi) is 5.24. The van der Waals surface area contributed by atoms with Crippen molar-refractivity contribution in [1.29, 1.82) is 0 Å². The van der Waals surface area contributed by atoms with E-state index >= 15 is 0 Å². The van der Waals surface area contributed by atoms with E-state index in [9.17, 15) is 8.42 Å². The second-order valence-electron chi connectivity index (χ2n) is 3.46. The van der Waals surface area contributed by atoms with Gasteiger partial charge in [-0.3, -0.25) is 0 Å². The summed E-state index contributed by atoms with van der Waals surface area (Å²) in [5.41, 5.74) is 0.582. The fourth-order valence-corrected chi connectivity index (χ4v) is 2.43. The van der Waals surface area contributed by atoms with Gasteiger partial charge in [-0.05, 0) is 19.8 Å². The summed E-state index contributed by atoms with van der Waals surface area (Å²) in [6, 6.07) is 1.70. The van der Waals surface area contributed by atoms with Crippen molar-refractivity contribution in [3.63, 3.8) is 0 Å². The molecule has 0 radical (unpaired) electrons. The van der Waals surface area contributed by atoms with Crippen LogP contribution in [0.4, 0.5) is 0 Å². The number of aryl methyl sites for hydroxylation is 1. The SMILES string of the molecule is Cc1cc(CNS(=O)(=O)CCCCCl)no1. The Morgan fingerprint density at radius 2 is 2.25 bits per heavy atom. The minimum absolute atomic E-state index is 0.0938. The van der Waals surface area contributed by atoms with Crippen LogP contribution in [0.5, 0.6) is 0 Å². The van der Waals surface area contributed by atoms with Crippen molar-refractivity contribution in [1.82, 2.24) is 9.88 Å². The molecule has 16 heavy (non-hydrogen) atoms. The van der Waals surface area contributed by atoms with Gasteiger partial charge in [0.25, 0.3) is 0 Å². The molecule has 0 fully saturated rings. The largest absolute Gasteiger partial charge is 0.361 e. The zero-order valence-electron chi connectivity index (χ0n) is 9.07. The number of aromatic nitrogens is 1. The number of alkyl halides is 1. The molecule has 1 aromatic heterocycles. The molecule has 5 nitrogen and oxygen atoms in total. The molecule has 0 saturated heterocycles. The third kappa shape index (κ3) is 4.96. The van der Waals surface area contributed by atoms with Gasteiger partial charge in [-0.1, -0.05) is 5.16 Å². The highest BCUT2D eigenvalue weighted by atomic mass is 35.5. The summed E-state index contributed by atoms with van der Waals surface area (Å²) < 4.78 is 30.2. The van der Waals surface area contributed by atoms with E-state index in [4.69, 9.17) is 16.1 Å². The lowest BCUT2D eigenvalue weighted by Crippen LogP contribution is -2.26. The third-order valence-corrected chi connectivity index (χ3v) is 3.62. The van der Waals surface area contributed by atoms with Crippen LogP contribution in [-0.4, -0.2) is 25.2 Å². The molecule has 0 aliphatic rings. The molecule has 0 amide bonds. The standard InChI is InChI=1S/C9H15ClN2O3S/c1-8-6-9(12-15-8)7-11-16(13,14)5-3-2-4-10/h6,11H,2-5,7H2,1H3. The second-order valence-corrected chi connectivity index (χ2v) is 5.77. The lowest BCUT2D eigenvalue weighted by Gasteiger charge is -2.03. The molecular weight excluding hydrogens is 252 g/mol. The van der Waals surface area contributed by atoms with Gasteiger partial charge in [-0.15, -0.1) is 11.6 Å². The van der Waals surface area contributed by atoms with Crippen molar-refractivity contribution < 1.29 is 12.9 Å². The van der Waals surface area contributed by atoms with Gasteiger partial charge in [0.05, 0.1) is 18.0 Å². The van der Waals surface area contributed by atoms with Gasteiger partial charge in [0.1, 0.15) is 5.76 Å². The quantitative estimate of drug-likeness (QED) is 0.598. The minimum atomic E-state index is -3.23. The van der Waals surface area contributed by atoms with E-state index < -0.39 is 10.0 Å². The summed E-state index contributed by atoms with van der Waals surface area (Å²) in [6.45, 7) is 1.92. The Morgan fingerprint density at radius 3 is 2.81 bits per heavy atom. The molecule has 1 heterocycles. The van der Waals surface area contributed by atoms with Crippen LogP contribution in [0.2, 0.25) is 0 Å². The molecule has 0 aromatic carbocycles. The van der Waals surface area contributed by atoms with E-state index in [0.717, 1.165) is 0 Å². The molecule has 0 spiro atoms. The number of rotatable bonds is 7. The maximum absolute atomic E-state index is 11.5. The highest BCUT2D eigenvalue weighted by molar-refractivity contribution is 7.89. The van der Waals surface area contributed by atoms with Crippen molar-refractivity contribution in [2.75, 3.05) is 11.6 Å². The lowest BCUT2D eigenvalue weighted by atomic mass is 10.4. The van der Waals surface area contributed by atoms with E-state index in [1.165, 1.54) is 0 Å². The Labute approximate surface area is 100 Å². The monoisotopic (exact) mass is 266 g/mol. The lowest BCUT2D eigenvalue weighted by molar-refractivity contribution is 0.390. The van der Waals surface area contributed by atoms with Crippen molar-refractivity contribution in [3.8, 4) is 0 Å². The summed E-state index contributed by atoms with van der Waals surface area (Å²) in [4.78, 5) is 0. The maximum atomic E-state index is 11.5. The van der Waals surface area contributed by atoms with E-state index in [0.29, 0.717) is 30.2 Å². The number of halogens is 1. The predicted octanol–water partition coefficient (Wildman–Crippen LogP) is 1.42. The fourth-order valence-electron chi connectivity index (χ4n) is 1.14. The number of nitrogens with one attached hydrogen (secondary N) is 1. The van der Waals surface area contributed by atoms with Crippen LogP contribution >= 0.6 is 11.6 Å². The highest BCUT2D eigenvalue weighted by Crippen LogP contribution is 2.02. The normalized spacial score (nSPS) is 11.9. The number of unbranched alkanes of at least 4 members (excludes halogenated alkanes) is 1. The van der Waals surface area contributed by atoms with Gasteiger partial charge in [-0.25, -0.2) is 13.1 Å². The van der Waals surface area contributed by atoms with E-state index in [1.807, 2.05) is 0 Å². The molecule has 92 valence electrons. The first-order valence-corrected chi connectivity index (χ1v) is 7.17. The molecule has 0 atom stereocenters. The van der Waals surface area contributed by atoms with Crippen LogP contribution in [0.1, 0.15) is 24.3 Å². The first-order chi connectivity index (χ1) is 7.53. The topological polar surface area (TPSA) is 72.2 Å². The van der Waals surface area contributed by atoms with Gasteiger partial charge in [0.15, 0.2) is 0 Å². The number of hydrogen-bond acceptors (Lipinski definition) is 4. The first-order valence-electron chi connectivity index (χ1n) is 4.99. The summed E-state index contributed by atoms with van der Waals surface area (Å²) in [7, 11) is -3.23. The summed E-state index contributed by atoms with van der Waals surface area (Å²) in [6.07, 6.45) is 1.27. The van der Waals surface area contributed by atoms with Crippen LogP contribution < -0.4 is 4.72 Å². The third-order valence-electron chi connectivity index (χ3n) is 1.95. The first kappa shape index (κ1) is 13.5. The zero-order valence-corrected chi connectivity index (χ0v) is 10.6.